The molecule has 1 heterocycles. The summed E-state index contributed by atoms with van der Waals surface area (Å²) in [7, 11) is 0. The Morgan fingerprint density at radius 2 is 2.36 bits per heavy atom. The molecule has 4 heteroatoms. The minimum Gasteiger partial charge on any atom is -0.450 e. The van der Waals surface area contributed by atoms with Crippen LogP contribution in [0.3, 0.4) is 0 Å². The van der Waals surface area contributed by atoms with E-state index >= 15 is 0 Å². The summed E-state index contributed by atoms with van der Waals surface area (Å²) in [4.78, 5) is 10.2. The van der Waals surface area contributed by atoms with E-state index < -0.39 is 11.9 Å². The van der Waals surface area contributed by atoms with E-state index in [0.29, 0.717) is 0 Å². The predicted molar refractivity (Wildman–Crippen MR) is 39.4 cm³/mol. The van der Waals surface area contributed by atoms with Crippen LogP contribution < -0.4 is 5.32 Å². The van der Waals surface area contributed by atoms with Crippen LogP contribution in [0.2, 0.25) is 0 Å². The van der Waals surface area contributed by atoms with Crippen molar-refractivity contribution in [1.82, 2.24) is 5.32 Å². The third kappa shape index (κ3) is 2.38. The number of ether oxygens (including phenoxy) is 1. The van der Waals surface area contributed by atoms with Gasteiger partial charge in [0, 0.05) is 6.42 Å². The Balaban J connectivity index is 2.43. The average molecular weight is 159 g/mol. The summed E-state index contributed by atoms with van der Waals surface area (Å²) in [5.41, 5.74) is -0.649. The normalized spacial score (nSPS) is 31.4. The highest BCUT2D eigenvalue weighted by molar-refractivity contribution is 5.57. The highest BCUT2D eigenvalue weighted by Crippen LogP contribution is 2.19. The van der Waals surface area contributed by atoms with Crippen molar-refractivity contribution in [2.45, 2.75) is 31.9 Å². The molecule has 1 aliphatic heterocycles. The minimum absolute atomic E-state index is 0.649. The number of rotatable bonds is 1. The number of piperidine rings is 1. The van der Waals surface area contributed by atoms with E-state index in [1.165, 1.54) is 0 Å². The lowest BCUT2D eigenvalue weighted by Crippen LogP contribution is -2.49. The highest BCUT2D eigenvalue weighted by Gasteiger charge is 2.29. The van der Waals surface area contributed by atoms with Crippen molar-refractivity contribution in [3.05, 3.63) is 0 Å². The Bertz CT molecular complexity index is 152. The van der Waals surface area contributed by atoms with Crippen molar-refractivity contribution >= 4 is 6.16 Å². The fourth-order valence-corrected chi connectivity index (χ4v) is 1.31. The van der Waals surface area contributed by atoms with Crippen LogP contribution in [0.4, 0.5) is 4.79 Å². The molecule has 4 nitrogen and oxygen atoms in total. The molecule has 1 rings (SSSR count). The molecular weight excluding hydrogens is 146 g/mol. The molecule has 1 unspecified atom stereocenters. The van der Waals surface area contributed by atoms with E-state index in [1.807, 2.05) is 0 Å². The molecule has 0 saturated carbocycles. The van der Waals surface area contributed by atoms with Gasteiger partial charge >= 0.3 is 6.16 Å². The van der Waals surface area contributed by atoms with E-state index in [9.17, 15) is 4.79 Å². The standard InChI is InChI=1S/C7H13NO3/c1-7(11-6(9)10)4-2-3-5-8-7/h8H,2-5H2,1H3,(H,9,10). The van der Waals surface area contributed by atoms with Crippen molar-refractivity contribution in [1.29, 1.82) is 0 Å². The third-order valence-corrected chi connectivity index (χ3v) is 1.89. The second-order valence-electron chi connectivity index (χ2n) is 2.98. The first-order chi connectivity index (χ1) is 5.12. The zero-order chi connectivity index (χ0) is 8.32. The summed E-state index contributed by atoms with van der Waals surface area (Å²) in [5, 5.41) is 11.4. The largest absolute Gasteiger partial charge is 0.507 e. The van der Waals surface area contributed by atoms with Gasteiger partial charge in [-0.2, -0.15) is 0 Å². The monoisotopic (exact) mass is 159 g/mol. The van der Waals surface area contributed by atoms with Crippen LogP contribution in [0.25, 0.3) is 0 Å². The number of hydrogen-bond donors (Lipinski definition) is 2. The van der Waals surface area contributed by atoms with Crippen molar-refractivity contribution < 1.29 is 14.6 Å². The molecule has 0 bridgehead atoms. The van der Waals surface area contributed by atoms with E-state index in [0.717, 1.165) is 25.8 Å². The van der Waals surface area contributed by atoms with Crippen molar-refractivity contribution in [2.75, 3.05) is 6.54 Å². The van der Waals surface area contributed by atoms with E-state index in [4.69, 9.17) is 5.11 Å². The summed E-state index contributed by atoms with van der Waals surface area (Å²) < 4.78 is 4.68. The maximum atomic E-state index is 10.2. The molecule has 0 aromatic rings. The van der Waals surface area contributed by atoms with Gasteiger partial charge in [-0.3, -0.25) is 5.32 Å². The van der Waals surface area contributed by atoms with Crippen molar-refractivity contribution in [3.63, 3.8) is 0 Å². The van der Waals surface area contributed by atoms with E-state index in [1.54, 1.807) is 6.92 Å². The summed E-state index contributed by atoms with van der Waals surface area (Å²) in [6.07, 6.45) is 1.68. The van der Waals surface area contributed by atoms with Crippen LogP contribution in [-0.4, -0.2) is 23.5 Å². The molecule has 0 aromatic carbocycles. The Morgan fingerprint density at radius 3 is 2.82 bits per heavy atom. The van der Waals surface area contributed by atoms with Gasteiger partial charge in [-0.05, 0) is 26.3 Å². The van der Waals surface area contributed by atoms with Crippen LogP contribution in [0.5, 0.6) is 0 Å². The average Bonchev–Trinajstić information content (AvgIpc) is 1.85. The Hall–Kier alpha value is -0.770. The van der Waals surface area contributed by atoms with Gasteiger partial charge in [0.05, 0.1) is 0 Å². The van der Waals surface area contributed by atoms with Gasteiger partial charge in [0.25, 0.3) is 0 Å². The molecule has 0 spiro atoms. The molecule has 1 fully saturated rings. The van der Waals surface area contributed by atoms with Crippen molar-refractivity contribution in [2.24, 2.45) is 0 Å². The van der Waals surface area contributed by atoms with Crippen LogP contribution in [-0.2, 0) is 4.74 Å². The number of nitrogens with one attached hydrogen (secondary N) is 1. The summed E-state index contributed by atoms with van der Waals surface area (Å²) in [5.74, 6) is 0. The molecule has 64 valence electrons. The zero-order valence-electron chi connectivity index (χ0n) is 6.59. The quantitative estimate of drug-likeness (QED) is 0.564. The Kier molecular flexibility index (Phi) is 2.34. The van der Waals surface area contributed by atoms with Gasteiger partial charge in [-0.15, -0.1) is 0 Å². The zero-order valence-corrected chi connectivity index (χ0v) is 6.59. The van der Waals surface area contributed by atoms with Crippen LogP contribution >= 0.6 is 0 Å². The fraction of sp³-hybridized carbons (Fsp3) is 0.857. The first-order valence-electron chi connectivity index (χ1n) is 3.79. The molecule has 11 heavy (non-hydrogen) atoms. The minimum atomic E-state index is -1.21. The van der Waals surface area contributed by atoms with Gasteiger partial charge in [-0.1, -0.05) is 0 Å². The molecule has 1 atom stereocenters. The van der Waals surface area contributed by atoms with E-state index in [2.05, 4.69) is 10.1 Å². The highest BCUT2D eigenvalue weighted by atomic mass is 16.7. The summed E-state index contributed by atoms with van der Waals surface area (Å²) in [6, 6.07) is 0. The fourth-order valence-electron chi connectivity index (χ4n) is 1.31. The lowest BCUT2D eigenvalue weighted by atomic mass is 10.0. The van der Waals surface area contributed by atoms with Gasteiger partial charge in [0.15, 0.2) is 5.72 Å². The summed E-state index contributed by atoms with van der Waals surface area (Å²) >= 11 is 0. The van der Waals surface area contributed by atoms with Gasteiger partial charge in [-0.25, -0.2) is 4.79 Å². The molecular formula is C7H13NO3. The van der Waals surface area contributed by atoms with Gasteiger partial charge < -0.3 is 9.84 Å². The molecule has 0 aliphatic carbocycles. The smallest absolute Gasteiger partial charge is 0.450 e. The maximum Gasteiger partial charge on any atom is 0.507 e. The molecule has 1 aliphatic rings. The van der Waals surface area contributed by atoms with Crippen LogP contribution in [0, 0.1) is 0 Å². The van der Waals surface area contributed by atoms with Gasteiger partial charge in [0.1, 0.15) is 0 Å². The topological polar surface area (TPSA) is 58.6 Å². The number of carbonyl (C=O) groups is 1. The Morgan fingerprint density at radius 1 is 1.64 bits per heavy atom. The third-order valence-electron chi connectivity index (χ3n) is 1.89. The maximum absolute atomic E-state index is 10.2. The van der Waals surface area contributed by atoms with E-state index in [-0.39, 0.29) is 0 Å². The lowest BCUT2D eigenvalue weighted by molar-refractivity contribution is -0.0446. The molecule has 2 N–H and O–H groups in total. The first kappa shape index (κ1) is 8.33. The lowest BCUT2D eigenvalue weighted by Gasteiger charge is -2.32. The van der Waals surface area contributed by atoms with Gasteiger partial charge in [0.2, 0.25) is 0 Å². The Labute approximate surface area is 65.5 Å². The predicted octanol–water partition coefficient (Wildman–Crippen LogP) is 1.17. The molecule has 1 saturated heterocycles. The SMILES string of the molecule is CC1(OC(=O)O)CCCCN1. The number of hydrogen-bond acceptors (Lipinski definition) is 3. The van der Waals surface area contributed by atoms with Crippen LogP contribution in [0.1, 0.15) is 26.2 Å². The second-order valence-corrected chi connectivity index (χ2v) is 2.98. The molecule has 0 amide bonds. The molecule has 0 radical (unpaired) electrons. The van der Waals surface area contributed by atoms with Crippen molar-refractivity contribution in [3.8, 4) is 0 Å². The number of carboxylic acid groups (broad SMARTS) is 1. The summed E-state index contributed by atoms with van der Waals surface area (Å²) in [6.45, 7) is 2.60. The first-order valence-corrected chi connectivity index (χ1v) is 3.79. The molecule has 0 aromatic heterocycles. The van der Waals surface area contributed by atoms with Crippen LogP contribution in [0.15, 0.2) is 0 Å². The second kappa shape index (κ2) is 3.09.